The van der Waals surface area contributed by atoms with Crippen molar-refractivity contribution in [2.75, 3.05) is 40.4 Å². The molecule has 0 radical (unpaired) electrons. The van der Waals surface area contributed by atoms with Gasteiger partial charge in [0.15, 0.2) is 0 Å². The van der Waals surface area contributed by atoms with Gasteiger partial charge in [0.1, 0.15) is 6.20 Å². The molecule has 3 heterocycles. The summed E-state index contributed by atoms with van der Waals surface area (Å²) in [5.74, 6) is 0.904. The summed E-state index contributed by atoms with van der Waals surface area (Å²) in [5.41, 5.74) is 1.12. The number of H-pyrrole nitrogens is 1. The molecule has 8 heteroatoms. The third-order valence-electron chi connectivity index (χ3n) is 3.28. The minimum Gasteiger partial charge on any atom is -0.375 e. The molecule has 106 valence electrons. The zero-order chi connectivity index (χ0) is 14.1. The maximum atomic E-state index is 11.9. The van der Waals surface area contributed by atoms with E-state index in [1.54, 1.807) is 10.9 Å². The summed E-state index contributed by atoms with van der Waals surface area (Å²) in [4.78, 5) is 18.2. The van der Waals surface area contributed by atoms with Gasteiger partial charge in [0.25, 0.3) is 0 Å². The molecular weight excluding hydrogens is 260 g/mol. The van der Waals surface area contributed by atoms with Crippen molar-refractivity contribution in [1.29, 1.82) is 0 Å². The lowest BCUT2D eigenvalue weighted by Gasteiger charge is -2.24. The Labute approximate surface area is 115 Å². The molecule has 3 rings (SSSR count). The Morgan fingerprint density at radius 3 is 2.90 bits per heavy atom. The number of nitrogens with one attached hydrogen (secondary N) is 1. The Morgan fingerprint density at radius 2 is 2.20 bits per heavy atom. The van der Waals surface area contributed by atoms with E-state index in [0.717, 1.165) is 24.6 Å². The van der Waals surface area contributed by atoms with Crippen LogP contribution in [-0.4, -0.2) is 70.7 Å². The number of pyridine rings is 1. The minimum atomic E-state index is 0.375. The van der Waals surface area contributed by atoms with Crippen LogP contribution >= 0.6 is 0 Å². The monoisotopic (exact) mass is 278 g/mol. The van der Waals surface area contributed by atoms with Gasteiger partial charge in [-0.05, 0) is 12.1 Å². The smallest absolute Gasteiger partial charge is 0.375 e. The van der Waals surface area contributed by atoms with Gasteiger partial charge in [0.05, 0.1) is 44.9 Å². The summed E-state index contributed by atoms with van der Waals surface area (Å²) in [6.07, 6.45) is 1.61. The molecule has 0 unspecified atom stereocenters. The summed E-state index contributed by atoms with van der Waals surface area (Å²) < 4.78 is 9.81. The predicted octanol–water partition coefficient (Wildman–Crippen LogP) is -0.913. The molecule has 0 bridgehead atoms. The van der Waals surface area contributed by atoms with E-state index in [-0.39, 0.29) is 0 Å². The first-order chi connectivity index (χ1) is 9.68. The molecular formula is C12H18N6O2+2. The topological polar surface area (TPSA) is 72.1 Å². The second kappa shape index (κ2) is 5.04. The van der Waals surface area contributed by atoms with Crippen molar-refractivity contribution >= 4 is 17.1 Å². The Bertz CT molecular complexity index is 706. The maximum Gasteiger partial charge on any atom is 0.380 e. The first kappa shape index (κ1) is 12.8. The Morgan fingerprint density at radius 1 is 1.45 bits per heavy atom. The number of hydrogen-bond donors (Lipinski definition) is 1. The van der Waals surface area contributed by atoms with Crippen LogP contribution in [0.3, 0.4) is 0 Å². The van der Waals surface area contributed by atoms with Crippen LogP contribution in [-0.2, 0) is 4.74 Å². The van der Waals surface area contributed by atoms with Crippen LogP contribution in [0.15, 0.2) is 18.3 Å². The van der Waals surface area contributed by atoms with E-state index in [9.17, 15) is 4.91 Å². The molecule has 0 spiro atoms. The van der Waals surface area contributed by atoms with Gasteiger partial charge in [0.2, 0.25) is 5.52 Å². The fourth-order valence-corrected chi connectivity index (χ4v) is 2.45. The molecule has 1 N–H and O–H groups in total. The van der Waals surface area contributed by atoms with E-state index in [4.69, 9.17) is 4.74 Å². The van der Waals surface area contributed by atoms with Crippen molar-refractivity contribution in [2.45, 2.75) is 0 Å². The van der Waals surface area contributed by atoms with E-state index in [1.807, 2.05) is 30.8 Å². The van der Waals surface area contributed by atoms with Gasteiger partial charge in [-0.1, -0.05) is 14.8 Å². The third kappa shape index (κ3) is 2.07. The molecule has 0 aliphatic carbocycles. The molecule has 2 aromatic heterocycles. The van der Waals surface area contributed by atoms with Crippen molar-refractivity contribution in [1.82, 2.24) is 19.8 Å². The summed E-state index contributed by atoms with van der Waals surface area (Å²) >= 11 is 0. The highest BCUT2D eigenvalue weighted by Crippen LogP contribution is 2.08. The van der Waals surface area contributed by atoms with E-state index >= 15 is 0 Å². The Balaban J connectivity index is 2.16. The second-order valence-electron chi connectivity index (χ2n) is 4.87. The summed E-state index contributed by atoms with van der Waals surface area (Å²) in [7, 11) is 3.91. The molecule has 0 atom stereocenters. The molecule has 1 saturated heterocycles. The molecule has 1 aliphatic heterocycles. The van der Waals surface area contributed by atoms with E-state index in [1.165, 1.54) is 0 Å². The lowest BCUT2D eigenvalue weighted by molar-refractivity contribution is -0.543. The third-order valence-corrected chi connectivity index (χ3v) is 3.28. The van der Waals surface area contributed by atoms with E-state index in [2.05, 4.69) is 15.1 Å². The number of nitrogens with zero attached hydrogens (tertiary/aromatic N) is 5. The highest BCUT2D eigenvalue weighted by Gasteiger charge is 2.29. The molecule has 0 saturated carbocycles. The van der Waals surface area contributed by atoms with Gasteiger partial charge < -0.3 is 4.74 Å². The number of aromatic nitrogens is 4. The average molecular weight is 278 g/mol. The number of fused-ring (bicyclic) bond motifs is 1. The van der Waals surface area contributed by atoms with Crippen LogP contribution in [0, 0.1) is 4.91 Å². The van der Waals surface area contributed by atoms with Gasteiger partial charge in [-0.25, -0.2) is 0 Å². The number of morpholine rings is 1. The molecule has 20 heavy (non-hydrogen) atoms. The fraction of sp³-hybridized carbons (Fsp3) is 0.500. The summed E-state index contributed by atoms with van der Waals surface area (Å²) in [6.45, 7) is 2.96. The largest absolute Gasteiger partial charge is 0.380 e. The Kier molecular flexibility index (Phi) is 3.23. The number of rotatable bonds is 0. The van der Waals surface area contributed by atoms with Crippen LogP contribution in [0.2, 0.25) is 0 Å². The second-order valence-corrected chi connectivity index (χ2v) is 4.87. The minimum absolute atomic E-state index is 0.375. The van der Waals surface area contributed by atoms with Crippen molar-refractivity contribution in [3.8, 4) is 0 Å². The van der Waals surface area contributed by atoms with Gasteiger partial charge in [-0.15, -0.1) is 4.98 Å². The number of ether oxygens (including phenoxy) is 1. The molecule has 2 aromatic rings. The van der Waals surface area contributed by atoms with Crippen molar-refractivity contribution in [2.24, 2.45) is 0 Å². The predicted molar refractivity (Wildman–Crippen MR) is 72.4 cm³/mol. The fourth-order valence-electron chi connectivity index (χ4n) is 2.45. The summed E-state index contributed by atoms with van der Waals surface area (Å²) in [6, 6.07) is 3.69. The lowest BCUT2D eigenvalue weighted by atomic mass is 10.4. The Hall–Kier alpha value is -2.22. The van der Waals surface area contributed by atoms with Crippen LogP contribution in [0.1, 0.15) is 0 Å². The highest BCUT2D eigenvalue weighted by atomic mass is 16.5. The molecule has 1 aliphatic rings. The zero-order valence-electron chi connectivity index (χ0n) is 11.6. The van der Waals surface area contributed by atoms with Crippen LogP contribution in [0.5, 0.6) is 0 Å². The van der Waals surface area contributed by atoms with Gasteiger partial charge in [-0.2, -0.15) is 0 Å². The SMILES string of the molecule is C[N+](C)=C(N1CCOCC1)n1[nH][n+](=O)c2ncccc21. The van der Waals surface area contributed by atoms with Crippen LogP contribution in [0.25, 0.3) is 11.2 Å². The molecule has 0 aromatic carbocycles. The van der Waals surface area contributed by atoms with E-state index in [0.29, 0.717) is 23.4 Å². The van der Waals surface area contributed by atoms with Crippen molar-refractivity contribution in [3.63, 3.8) is 0 Å². The highest BCUT2D eigenvalue weighted by molar-refractivity contribution is 5.85. The normalized spacial score (nSPS) is 15.6. The lowest BCUT2D eigenvalue weighted by Crippen LogP contribution is -2.48. The maximum absolute atomic E-state index is 11.9. The standard InChI is InChI=1S/C12H18N6O2/c1-15(2)12(16-6-8-20-9-7-16)17-10-4-3-5-13-11(10)18(19)14-17/h3-5H,6-9H2,1-2H3,(H,14,19)/q+2. The number of aromatic amines is 1. The van der Waals surface area contributed by atoms with Gasteiger partial charge >= 0.3 is 11.6 Å². The summed E-state index contributed by atoms with van der Waals surface area (Å²) in [5, 5.41) is 2.79. The van der Waals surface area contributed by atoms with Crippen molar-refractivity contribution in [3.05, 3.63) is 23.2 Å². The van der Waals surface area contributed by atoms with Gasteiger partial charge in [0, 0.05) is 0 Å². The molecule has 8 nitrogen and oxygen atoms in total. The molecule has 1 fully saturated rings. The first-order valence-electron chi connectivity index (χ1n) is 6.54. The van der Waals surface area contributed by atoms with Crippen LogP contribution < -0.4 is 4.54 Å². The zero-order valence-corrected chi connectivity index (χ0v) is 11.6. The number of hydrogen-bond acceptors (Lipinski definition) is 3. The van der Waals surface area contributed by atoms with Gasteiger partial charge in [-0.3, -0.25) is 9.48 Å². The average Bonchev–Trinajstić information content (AvgIpc) is 2.78. The first-order valence-corrected chi connectivity index (χ1v) is 6.54. The molecule has 0 amide bonds. The van der Waals surface area contributed by atoms with Crippen molar-refractivity contribution < 1.29 is 13.9 Å². The quantitative estimate of drug-likeness (QED) is 0.385. The van der Waals surface area contributed by atoms with Crippen LogP contribution in [0.4, 0.5) is 0 Å². The van der Waals surface area contributed by atoms with E-state index < -0.39 is 0 Å².